The average Bonchev–Trinajstić information content (AvgIpc) is 2.20. The van der Waals surface area contributed by atoms with Crippen LogP contribution in [0.2, 0.25) is 5.02 Å². The Morgan fingerprint density at radius 3 is 2.38 bits per heavy atom. The van der Waals surface area contributed by atoms with Crippen LogP contribution in [0, 0.1) is 17.2 Å². The van der Waals surface area contributed by atoms with Crippen molar-refractivity contribution in [2.45, 2.75) is 32.7 Å². The van der Waals surface area contributed by atoms with Gasteiger partial charge in [0.15, 0.2) is 0 Å². The Hall–Kier alpha value is -1.20. The predicted octanol–water partition coefficient (Wildman–Crippen LogP) is 4.08. The van der Waals surface area contributed by atoms with Crippen molar-refractivity contribution in [1.82, 2.24) is 0 Å². The smallest absolute Gasteiger partial charge is 0.122 e. The third-order valence-corrected chi connectivity index (χ3v) is 2.58. The van der Waals surface area contributed by atoms with Gasteiger partial charge in [0.2, 0.25) is 0 Å². The molecule has 86 valence electrons. The van der Waals surface area contributed by atoms with Crippen molar-refractivity contribution in [2.24, 2.45) is 5.92 Å². The van der Waals surface area contributed by atoms with Crippen molar-refractivity contribution in [2.75, 3.05) is 5.32 Å². The molecule has 0 saturated carbocycles. The Kier molecular flexibility index (Phi) is 4.20. The van der Waals surface area contributed by atoms with Gasteiger partial charge in [-0.15, -0.1) is 0 Å². The third-order valence-electron chi connectivity index (χ3n) is 2.33. The summed E-state index contributed by atoms with van der Waals surface area (Å²) in [6.07, 6.45) is 0.812. The van der Waals surface area contributed by atoms with Gasteiger partial charge in [0.1, 0.15) is 5.54 Å². The molecule has 0 amide bonds. The normalized spacial score (nSPS) is 14.2. The van der Waals surface area contributed by atoms with Crippen LogP contribution < -0.4 is 5.32 Å². The second-order valence-electron chi connectivity index (χ2n) is 4.67. The van der Waals surface area contributed by atoms with E-state index < -0.39 is 5.54 Å². The van der Waals surface area contributed by atoms with E-state index in [9.17, 15) is 5.26 Å². The van der Waals surface area contributed by atoms with Crippen LogP contribution in [0.15, 0.2) is 24.3 Å². The Balaban J connectivity index is 2.77. The zero-order valence-corrected chi connectivity index (χ0v) is 10.7. The lowest BCUT2D eigenvalue weighted by molar-refractivity contribution is 0.474. The summed E-state index contributed by atoms with van der Waals surface area (Å²) < 4.78 is 0. The Morgan fingerprint density at radius 2 is 1.94 bits per heavy atom. The molecule has 1 N–H and O–H groups in total. The number of benzene rings is 1. The van der Waals surface area contributed by atoms with Crippen LogP contribution in [-0.2, 0) is 0 Å². The van der Waals surface area contributed by atoms with E-state index in [1.165, 1.54) is 0 Å². The summed E-state index contributed by atoms with van der Waals surface area (Å²) in [4.78, 5) is 0. The van der Waals surface area contributed by atoms with E-state index in [4.69, 9.17) is 11.6 Å². The summed E-state index contributed by atoms with van der Waals surface area (Å²) in [5.41, 5.74) is 0.399. The first-order valence-corrected chi connectivity index (χ1v) is 5.78. The van der Waals surface area contributed by atoms with E-state index in [1.54, 1.807) is 0 Å². The van der Waals surface area contributed by atoms with Crippen LogP contribution in [0.1, 0.15) is 27.2 Å². The van der Waals surface area contributed by atoms with Gasteiger partial charge < -0.3 is 5.32 Å². The maximum atomic E-state index is 9.21. The summed E-state index contributed by atoms with van der Waals surface area (Å²) >= 11 is 5.81. The van der Waals surface area contributed by atoms with Gasteiger partial charge in [-0.2, -0.15) is 5.26 Å². The maximum absolute atomic E-state index is 9.21. The molecule has 1 aromatic carbocycles. The zero-order chi connectivity index (χ0) is 12.2. The van der Waals surface area contributed by atoms with Crippen LogP contribution >= 0.6 is 11.6 Å². The molecule has 2 nitrogen and oxygen atoms in total. The first kappa shape index (κ1) is 12.9. The highest BCUT2D eigenvalue weighted by atomic mass is 35.5. The van der Waals surface area contributed by atoms with E-state index in [0.29, 0.717) is 10.9 Å². The predicted molar refractivity (Wildman–Crippen MR) is 68.5 cm³/mol. The largest absolute Gasteiger partial charge is 0.368 e. The number of nitrogens with zero attached hydrogens (tertiary/aromatic N) is 1. The van der Waals surface area contributed by atoms with E-state index in [1.807, 2.05) is 31.2 Å². The molecule has 0 aliphatic carbocycles. The minimum Gasteiger partial charge on any atom is -0.368 e. The lowest BCUT2D eigenvalue weighted by Crippen LogP contribution is -2.34. The van der Waals surface area contributed by atoms with Crippen molar-refractivity contribution in [3.63, 3.8) is 0 Å². The lowest BCUT2D eigenvalue weighted by atomic mass is 9.92. The van der Waals surface area contributed by atoms with E-state index in [-0.39, 0.29) is 0 Å². The van der Waals surface area contributed by atoms with Crippen molar-refractivity contribution < 1.29 is 0 Å². The SMILES string of the molecule is CC(C)CC(C)(C#N)Nc1ccc(Cl)cc1. The van der Waals surface area contributed by atoms with Crippen LogP contribution in [0.3, 0.4) is 0 Å². The number of hydrogen-bond donors (Lipinski definition) is 1. The van der Waals surface area contributed by atoms with Gasteiger partial charge in [0.25, 0.3) is 0 Å². The summed E-state index contributed by atoms with van der Waals surface area (Å²) in [6, 6.07) is 9.74. The van der Waals surface area contributed by atoms with E-state index >= 15 is 0 Å². The number of hydrogen-bond acceptors (Lipinski definition) is 2. The molecule has 1 atom stereocenters. The van der Waals surface area contributed by atoms with Crippen LogP contribution in [0.4, 0.5) is 5.69 Å². The number of anilines is 1. The third kappa shape index (κ3) is 3.75. The molecule has 0 aliphatic rings. The molecule has 0 radical (unpaired) electrons. The molecular weight excluding hydrogens is 220 g/mol. The fourth-order valence-corrected chi connectivity index (χ4v) is 1.92. The molecule has 0 saturated heterocycles. The highest BCUT2D eigenvalue weighted by Gasteiger charge is 2.24. The van der Waals surface area contributed by atoms with Gasteiger partial charge in [-0.1, -0.05) is 25.4 Å². The molecule has 1 aromatic rings. The first-order chi connectivity index (χ1) is 7.45. The van der Waals surface area contributed by atoms with Gasteiger partial charge in [-0.25, -0.2) is 0 Å². The Labute approximate surface area is 102 Å². The van der Waals surface area contributed by atoms with Gasteiger partial charge in [-0.05, 0) is 43.5 Å². The molecule has 0 fully saturated rings. The molecule has 16 heavy (non-hydrogen) atoms. The Morgan fingerprint density at radius 1 is 1.38 bits per heavy atom. The lowest BCUT2D eigenvalue weighted by Gasteiger charge is -2.26. The topological polar surface area (TPSA) is 35.8 Å². The van der Waals surface area contributed by atoms with Crippen molar-refractivity contribution >= 4 is 17.3 Å². The standard InChI is InChI=1S/C13H17ClN2/c1-10(2)8-13(3,9-15)16-12-6-4-11(14)5-7-12/h4-7,10,16H,8H2,1-3H3. The second-order valence-corrected chi connectivity index (χ2v) is 5.11. The highest BCUT2D eigenvalue weighted by Crippen LogP contribution is 2.23. The maximum Gasteiger partial charge on any atom is 0.122 e. The number of nitriles is 1. The molecule has 0 bridgehead atoms. The molecule has 3 heteroatoms. The molecular formula is C13H17ClN2. The summed E-state index contributed by atoms with van der Waals surface area (Å²) in [6.45, 7) is 6.14. The van der Waals surface area contributed by atoms with Crippen molar-refractivity contribution in [3.8, 4) is 6.07 Å². The van der Waals surface area contributed by atoms with Crippen molar-refractivity contribution in [3.05, 3.63) is 29.3 Å². The highest BCUT2D eigenvalue weighted by molar-refractivity contribution is 6.30. The summed E-state index contributed by atoms with van der Waals surface area (Å²) in [7, 11) is 0. The molecule has 0 aliphatic heterocycles. The van der Waals surface area contributed by atoms with Gasteiger partial charge >= 0.3 is 0 Å². The molecule has 1 unspecified atom stereocenters. The molecule has 0 spiro atoms. The van der Waals surface area contributed by atoms with E-state index in [0.717, 1.165) is 12.1 Å². The van der Waals surface area contributed by atoms with Gasteiger partial charge in [-0.3, -0.25) is 0 Å². The van der Waals surface area contributed by atoms with E-state index in [2.05, 4.69) is 25.2 Å². The van der Waals surface area contributed by atoms with Crippen molar-refractivity contribution in [1.29, 1.82) is 5.26 Å². The fraction of sp³-hybridized carbons (Fsp3) is 0.462. The van der Waals surface area contributed by atoms with Crippen LogP contribution in [0.25, 0.3) is 0 Å². The zero-order valence-electron chi connectivity index (χ0n) is 9.92. The second kappa shape index (κ2) is 5.23. The number of nitrogens with one attached hydrogen (secondary N) is 1. The van der Waals surface area contributed by atoms with Crippen LogP contribution in [-0.4, -0.2) is 5.54 Å². The molecule has 0 heterocycles. The number of rotatable bonds is 4. The minimum atomic E-state index is -0.526. The molecule has 1 rings (SSSR count). The Bertz CT molecular complexity index is 378. The molecule has 0 aromatic heterocycles. The quantitative estimate of drug-likeness (QED) is 0.855. The van der Waals surface area contributed by atoms with Gasteiger partial charge in [0.05, 0.1) is 6.07 Å². The van der Waals surface area contributed by atoms with Crippen LogP contribution in [0.5, 0.6) is 0 Å². The summed E-state index contributed by atoms with van der Waals surface area (Å²) in [5, 5.41) is 13.2. The fourth-order valence-electron chi connectivity index (χ4n) is 1.79. The summed E-state index contributed by atoms with van der Waals surface area (Å²) in [5.74, 6) is 0.476. The first-order valence-electron chi connectivity index (χ1n) is 5.40. The minimum absolute atomic E-state index is 0.476. The average molecular weight is 237 g/mol. The number of halogens is 1. The van der Waals surface area contributed by atoms with Gasteiger partial charge in [0, 0.05) is 10.7 Å². The monoisotopic (exact) mass is 236 g/mol.